The zero-order chi connectivity index (χ0) is 39.3. The summed E-state index contributed by atoms with van der Waals surface area (Å²) in [5.74, 6) is -0.715. The molecule has 1 aliphatic rings. The van der Waals surface area contributed by atoms with Gasteiger partial charge in [-0.15, -0.1) is 0 Å². The zero-order valence-electron chi connectivity index (χ0n) is 32.6. The summed E-state index contributed by atoms with van der Waals surface area (Å²) in [6.07, 6.45) is 2.08. The van der Waals surface area contributed by atoms with Gasteiger partial charge in [0.25, 0.3) is 0 Å². The number of primary amides is 1. The normalized spacial score (nSPS) is 17.1. The lowest BCUT2D eigenvalue weighted by Crippen LogP contribution is -2.47. The van der Waals surface area contributed by atoms with Gasteiger partial charge in [0.15, 0.2) is 17.9 Å². The maximum atomic E-state index is 13.6. The lowest BCUT2D eigenvalue weighted by atomic mass is 9.80. The molecule has 1 aromatic heterocycles. The quantitative estimate of drug-likeness (QED) is 0.100. The fourth-order valence-corrected chi connectivity index (χ4v) is 6.06. The van der Waals surface area contributed by atoms with Crippen LogP contribution in [0.5, 0.6) is 11.5 Å². The van der Waals surface area contributed by atoms with E-state index in [0.717, 1.165) is 18.4 Å². The van der Waals surface area contributed by atoms with Gasteiger partial charge in [-0.2, -0.15) is 0 Å². The minimum atomic E-state index is -0.930. The van der Waals surface area contributed by atoms with Crippen LogP contribution in [0.15, 0.2) is 29.0 Å². The van der Waals surface area contributed by atoms with Crippen molar-refractivity contribution >= 4 is 23.9 Å². The minimum Gasteiger partial charge on any atom is -0.493 e. The largest absolute Gasteiger partial charge is 0.493 e. The van der Waals surface area contributed by atoms with Crippen molar-refractivity contribution in [3.05, 3.63) is 41.6 Å². The Bertz CT molecular complexity index is 1510. The highest BCUT2D eigenvalue weighted by Gasteiger charge is 2.43. The van der Waals surface area contributed by atoms with Crippen LogP contribution in [-0.4, -0.2) is 93.4 Å². The number of ether oxygens (including phenoxy) is 6. The number of rotatable bonds is 21. The molecular formula is C38H58N4O11. The van der Waals surface area contributed by atoms with E-state index in [1.165, 1.54) is 4.90 Å². The number of aryl methyl sites for hydroxylation is 1. The predicted molar refractivity (Wildman–Crippen MR) is 194 cm³/mol. The van der Waals surface area contributed by atoms with E-state index in [1.807, 2.05) is 32.0 Å². The smallest absolute Gasteiger partial charge is 0.414 e. The maximum absolute atomic E-state index is 13.6. The predicted octanol–water partition coefficient (Wildman–Crippen LogP) is 4.88. The third-order valence-corrected chi connectivity index (χ3v) is 9.76. The average Bonchev–Trinajstić information content (AvgIpc) is 3.72. The number of carbonyl (C=O) groups excluding carboxylic acids is 4. The van der Waals surface area contributed by atoms with Crippen LogP contribution < -0.4 is 20.5 Å². The summed E-state index contributed by atoms with van der Waals surface area (Å²) in [5.41, 5.74) is 5.98. The lowest BCUT2D eigenvalue weighted by Gasteiger charge is -2.33. The Morgan fingerprint density at radius 1 is 1.04 bits per heavy atom. The number of nitrogens with two attached hydrogens (primary N) is 1. The first-order chi connectivity index (χ1) is 25.1. The maximum Gasteiger partial charge on any atom is 0.414 e. The molecule has 0 saturated carbocycles. The molecule has 296 valence electrons. The van der Waals surface area contributed by atoms with Crippen molar-refractivity contribution in [1.82, 2.24) is 15.2 Å². The van der Waals surface area contributed by atoms with Crippen LogP contribution in [0.3, 0.4) is 0 Å². The van der Waals surface area contributed by atoms with Gasteiger partial charge < -0.3 is 43.9 Å². The van der Waals surface area contributed by atoms with E-state index in [9.17, 15) is 19.2 Å². The number of nitrogens with one attached hydrogen (secondary N) is 1. The van der Waals surface area contributed by atoms with E-state index in [-0.39, 0.29) is 42.7 Å². The van der Waals surface area contributed by atoms with Gasteiger partial charge in [0.05, 0.1) is 37.0 Å². The van der Waals surface area contributed by atoms with E-state index in [0.29, 0.717) is 49.7 Å². The number of methoxy groups -OCH3 is 2. The summed E-state index contributed by atoms with van der Waals surface area (Å²) in [5, 5.41) is 2.90. The fourth-order valence-electron chi connectivity index (χ4n) is 6.06. The first-order valence-electron chi connectivity index (χ1n) is 18.1. The van der Waals surface area contributed by atoms with Crippen molar-refractivity contribution in [2.24, 2.45) is 34.8 Å². The lowest BCUT2D eigenvalue weighted by molar-refractivity contribution is -0.130. The van der Waals surface area contributed by atoms with Crippen LogP contribution in [-0.2, 0) is 35.0 Å². The van der Waals surface area contributed by atoms with Gasteiger partial charge in [-0.05, 0) is 75.5 Å². The second-order valence-electron chi connectivity index (χ2n) is 14.8. The zero-order valence-corrected chi connectivity index (χ0v) is 32.6. The van der Waals surface area contributed by atoms with Gasteiger partial charge in [-0.1, -0.05) is 33.8 Å². The molecular weight excluding hydrogens is 688 g/mol. The third kappa shape index (κ3) is 12.3. The number of esters is 1. The Morgan fingerprint density at radius 2 is 1.77 bits per heavy atom. The van der Waals surface area contributed by atoms with Crippen molar-refractivity contribution in [3.8, 4) is 11.5 Å². The Kier molecular flexibility index (Phi) is 16.4. The van der Waals surface area contributed by atoms with Crippen molar-refractivity contribution in [2.75, 3.05) is 47.5 Å². The van der Waals surface area contributed by atoms with Crippen LogP contribution >= 0.6 is 0 Å². The van der Waals surface area contributed by atoms with E-state index in [4.69, 9.17) is 38.6 Å². The Morgan fingerprint density at radius 3 is 2.38 bits per heavy atom. The van der Waals surface area contributed by atoms with Crippen LogP contribution in [0.2, 0.25) is 0 Å². The molecule has 0 unspecified atom stereocenters. The second kappa shape index (κ2) is 20.2. The van der Waals surface area contributed by atoms with E-state index in [2.05, 4.69) is 24.1 Å². The molecule has 0 bridgehead atoms. The first kappa shape index (κ1) is 43.0. The van der Waals surface area contributed by atoms with Gasteiger partial charge in [0, 0.05) is 32.6 Å². The molecule has 53 heavy (non-hydrogen) atoms. The third-order valence-electron chi connectivity index (χ3n) is 9.76. The molecule has 1 saturated heterocycles. The standard InChI is InChI=1S/C38H58N4O11/c1-23(2)27(15-26-11-12-30(48-9)32(16-26)49-14-10-13-47-8)17-29-31(18-28(24(3)4)34(43)40-19-38(6,7)36(39)45)51-21-42(29)37(46)53-22-52-35(44)33-25(5)41-20-50-33/h11-12,16,20,23-24,27-29,31H,10,13-15,17-19,21-22H2,1-9H3,(H2,39,45)(H,40,43)/t27-,28-,29-,31-/m0/s1. The number of amides is 3. The van der Waals surface area contributed by atoms with Gasteiger partial charge in [0.1, 0.15) is 6.73 Å². The van der Waals surface area contributed by atoms with E-state index < -0.39 is 48.2 Å². The van der Waals surface area contributed by atoms with Crippen LogP contribution in [0.25, 0.3) is 0 Å². The number of aromatic nitrogens is 1. The topological polar surface area (TPSA) is 191 Å². The molecule has 3 rings (SSSR count). The van der Waals surface area contributed by atoms with Crippen molar-refractivity contribution < 1.29 is 52.0 Å². The molecule has 3 N–H and O–H groups in total. The highest BCUT2D eigenvalue weighted by Crippen LogP contribution is 2.36. The second-order valence-corrected chi connectivity index (χ2v) is 14.8. The molecule has 15 nitrogen and oxygen atoms in total. The molecule has 3 amide bonds. The highest BCUT2D eigenvalue weighted by molar-refractivity contribution is 5.87. The molecule has 2 aromatic rings. The first-order valence-corrected chi connectivity index (χ1v) is 18.1. The molecule has 2 heterocycles. The van der Waals surface area contributed by atoms with Crippen molar-refractivity contribution in [3.63, 3.8) is 0 Å². The van der Waals surface area contributed by atoms with E-state index >= 15 is 0 Å². The van der Waals surface area contributed by atoms with Crippen molar-refractivity contribution in [2.45, 2.75) is 86.3 Å². The summed E-state index contributed by atoms with van der Waals surface area (Å²) in [6.45, 7) is 13.5. The monoisotopic (exact) mass is 746 g/mol. The van der Waals surface area contributed by atoms with Gasteiger partial charge in [0.2, 0.25) is 24.4 Å². The fraction of sp³-hybridized carbons (Fsp3) is 0.658. The average molecular weight is 747 g/mol. The Balaban J connectivity index is 1.84. The van der Waals surface area contributed by atoms with Gasteiger partial charge in [-0.3, -0.25) is 14.5 Å². The van der Waals surface area contributed by atoms with Crippen LogP contribution in [0.4, 0.5) is 4.79 Å². The number of carbonyl (C=O) groups is 4. The number of benzene rings is 1. The Hall–Kier alpha value is -4.37. The number of oxazole rings is 1. The van der Waals surface area contributed by atoms with Gasteiger partial charge in [-0.25, -0.2) is 14.6 Å². The molecule has 15 heteroatoms. The van der Waals surface area contributed by atoms with Crippen LogP contribution in [0, 0.1) is 36.0 Å². The van der Waals surface area contributed by atoms with Crippen molar-refractivity contribution in [1.29, 1.82) is 0 Å². The summed E-state index contributed by atoms with van der Waals surface area (Å²) >= 11 is 0. The summed E-state index contributed by atoms with van der Waals surface area (Å²) < 4.78 is 38.6. The molecule has 1 aliphatic heterocycles. The SMILES string of the molecule is COCCCOc1cc(C[C@@H](C[C@H]2[C@H](C[C@H](C(=O)NCC(C)(C)C(N)=O)C(C)C)OCN2C(=O)OCOC(=O)c2ocnc2C)C(C)C)ccc1OC. The Labute approximate surface area is 312 Å². The summed E-state index contributed by atoms with van der Waals surface area (Å²) in [7, 11) is 3.25. The van der Waals surface area contributed by atoms with E-state index in [1.54, 1.807) is 35.0 Å². The summed E-state index contributed by atoms with van der Waals surface area (Å²) in [4.78, 5) is 56.8. The molecule has 0 aliphatic carbocycles. The molecule has 0 radical (unpaired) electrons. The highest BCUT2D eigenvalue weighted by atomic mass is 16.7. The molecule has 1 fully saturated rings. The number of nitrogens with zero attached hydrogens (tertiary/aromatic N) is 2. The number of hydrogen-bond donors (Lipinski definition) is 2. The minimum absolute atomic E-state index is 0.0594. The molecule has 4 atom stereocenters. The van der Waals surface area contributed by atoms with Crippen LogP contribution in [0.1, 0.15) is 82.6 Å². The number of hydrogen-bond acceptors (Lipinski definition) is 12. The van der Waals surface area contributed by atoms with Gasteiger partial charge >= 0.3 is 12.1 Å². The molecule has 1 aromatic carbocycles. The summed E-state index contributed by atoms with van der Waals surface area (Å²) in [6, 6.07) is 5.38. The molecule has 0 spiro atoms.